The van der Waals surface area contributed by atoms with E-state index in [9.17, 15) is 13.2 Å². The largest absolute Gasteiger partial charge is 0.428 e. The molecule has 0 spiro atoms. The van der Waals surface area contributed by atoms with Gasteiger partial charge in [-0.25, -0.2) is 0 Å². The van der Waals surface area contributed by atoms with E-state index < -0.39 is 12.4 Å². The maximum absolute atomic E-state index is 12.3. The molecule has 0 aliphatic rings. The Balaban J connectivity index is 4.47. The van der Waals surface area contributed by atoms with Crippen LogP contribution >= 0.6 is 0 Å². The smallest absolute Gasteiger partial charge is 0.357 e. The van der Waals surface area contributed by atoms with Crippen molar-refractivity contribution in [3.8, 4) is 0 Å². The molecular formula is C12H18F3NO. The van der Waals surface area contributed by atoms with Crippen molar-refractivity contribution in [2.75, 3.05) is 13.7 Å². The third-order valence-corrected chi connectivity index (χ3v) is 1.92. The highest BCUT2D eigenvalue weighted by atomic mass is 19.4. The van der Waals surface area contributed by atoms with Crippen LogP contribution in [0.5, 0.6) is 0 Å². The minimum Gasteiger partial charge on any atom is -0.357 e. The lowest BCUT2D eigenvalue weighted by Gasteiger charge is -2.20. The Kier molecular flexibility index (Phi) is 6.83. The lowest BCUT2D eigenvalue weighted by Crippen LogP contribution is -2.44. The quantitative estimate of drug-likeness (QED) is 0.576. The van der Waals surface area contributed by atoms with Crippen LogP contribution in [0.2, 0.25) is 0 Å². The highest BCUT2D eigenvalue weighted by Crippen LogP contribution is 2.20. The number of halogens is 3. The van der Waals surface area contributed by atoms with E-state index in [4.69, 9.17) is 0 Å². The standard InChI is InChI=1S/C12H18F3NO/c1-5-10(7-6-9(2)3)8-16-11(17-4)12(13,14)15/h5-7,11,16H,1,8H2,2-4H3/b10-7+. The molecule has 98 valence electrons. The molecule has 1 unspecified atom stereocenters. The number of rotatable bonds is 6. The van der Waals surface area contributed by atoms with Gasteiger partial charge in [0.25, 0.3) is 0 Å². The number of methoxy groups -OCH3 is 1. The van der Waals surface area contributed by atoms with Crippen molar-refractivity contribution >= 4 is 0 Å². The first-order valence-corrected chi connectivity index (χ1v) is 5.10. The van der Waals surface area contributed by atoms with Gasteiger partial charge >= 0.3 is 6.18 Å². The molecule has 0 rings (SSSR count). The van der Waals surface area contributed by atoms with Crippen LogP contribution in [0.15, 0.2) is 36.0 Å². The molecule has 0 radical (unpaired) electrons. The van der Waals surface area contributed by atoms with E-state index in [1.54, 1.807) is 6.08 Å². The summed E-state index contributed by atoms with van der Waals surface area (Å²) in [5.41, 5.74) is 1.72. The fourth-order valence-corrected chi connectivity index (χ4v) is 1.02. The normalized spacial score (nSPS) is 14.4. The molecule has 0 aliphatic heterocycles. The average molecular weight is 249 g/mol. The lowest BCUT2D eigenvalue weighted by molar-refractivity contribution is -0.221. The van der Waals surface area contributed by atoms with Gasteiger partial charge in [-0.2, -0.15) is 13.2 Å². The molecule has 0 amide bonds. The highest BCUT2D eigenvalue weighted by Gasteiger charge is 2.39. The molecule has 1 N–H and O–H groups in total. The average Bonchev–Trinajstić information content (AvgIpc) is 2.21. The van der Waals surface area contributed by atoms with Crippen LogP contribution in [0, 0.1) is 0 Å². The summed E-state index contributed by atoms with van der Waals surface area (Å²) in [7, 11) is 1.01. The fraction of sp³-hybridized carbons (Fsp3) is 0.500. The van der Waals surface area contributed by atoms with E-state index in [-0.39, 0.29) is 6.54 Å². The molecule has 0 aromatic heterocycles. The molecule has 2 nitrogen and oxygen atoms in total. The molecule has 0 fully saturated rings. The van der Waals surface area contributed by atoms with Crippen LogP contribution in [0.25, 0.3) is 0 Å². The SMILES string of the molecule is C=C/C(=C\C=C(C)C)CNC(OC)C(F)(F)F. The monoisotopic (exact) mass is 249 g/mol. The van der Waals surface area contributed by atoms with Gasteiger partial charge < -0.3 is 4.74 Å². The molecule has 0 aliphatic carbocycles. The Morgan fingerprint density at radius 1 is 1.35 bits per heavy atom. The zero-order valence-electron chi connectivity index (χ0n) is 10.3. The number of nitrogens with one attached hydrogen (secondary N) is 1. The second-order valence-electron chi connectivity index (χ2n) is 3.73. The summed E-state index contributed by atoms with van der Waals surface area (Å²) in [6.45, 7) is 7.39. The molecule has 0 heterocycles. The Morgan fingerprint density at radius 2 is 1.94 bits per heavy atom. The lowest BCUT2D eigenvalue weighted by atomic mass is 10.2. The predicted octanol–water partition coefficient (Wildman–Crippen LogP) is 3.19. The first kappa shape index (κ1) is 15.9. The third kappa shape index (κ3) is 6.97. The summed E-state index contributed by atoms with van der Waals surface area (Å²) < 4.78 is 41.4. The summed E-state index contributed by atoms with van der Waals surface area (Å²) in [4.78, 5) is 0. The first-order valence-electron chi connectivity index (χ1n) is 5.10. The van der Waals surface area contributed by atoms with Gasteiger partial charge in [-0.1, -0.05) is 30.4 Å². The van der Waals surface area contributed by atoms with Crippen molar-refractivity contribution in [2.24, 2.45) is 0 Å². The third-order valence-electron chi connectivity index (χ3n) is 1.92. The predicted molar refractivity (Wildman–Crippen MR) is 62.6 cm³/mol. The molecular weight excluding hydrogens is 231 g/mol. The van der Waals surface area contributed by atoms with E-state index in [1.807, 2.05) is 19.9 Å². The van der Waals surface area contributed by atoms with Crippen molar-refractivity contribution in [2.45, 2.75) is 26.3 Å². The molecule has 0 aromatic carbocycles. The van der Waals surface area contributed by atoms with Gasteiger partial charge in [-0.05, 0) is 19.4 Å². The summed E-state index contributed by atoms with van der Waals surface area (Å²) in [6.07, 6.45) is -1.34. The van der Waals surface area contributed by atoms with Gasteiger partial charge in [0, 0.05) is 13.7 Å². The van der Waals surface area contributed by atoms with Gasteiger partial charge in [-0.3, -0.25) is 5.32 Å². The van der Waals surface area contributed by atoms with Crippen LogP contribution in [-0.2, 0) is 4.74 Å². The second-order valence-corrected chi connectivity index (χ2v) is 3.73. The summed E-state index contributed by atoms with van der Waals surface area (Å²) >= 11 is 0. The van der Waals surface area contributed by atoms with Crippen LogP contribution in [0.1, 0.15) is 13.8 Å². The molecule has 0 aromatic rings. The molecule has 1 atom stereocenters. The molecule has 17 heavy (non-hydrogen) atoms. The van der Waals surface area contributed by atoms with Crippen LogP contribution < -0.4 is 5.32 Å². The van der Waals surface area contributed by atoms with E-state index in [0.29, 0.717) is 5.57 Å². The number of hydrogen-bond acceptors (Lipinski definition) is 2. The second kappa shape index (κ2) is 7.29. The fourth-order valence-electron chi connectivity index (χ4n) is 1.02. The Morgan fingerprint density at radius 3 is 2.29 bits per heavy atom. The van der Waals surface area contributed by atoms with Gasteiger partial charge in [0.2, 0.25) is 6.23 Å². The molecule has 0 bridgehead atoms. The van der Waals surface area contributed by atoms with E-state index >= 15 is 0 Å². The Hall–Kier alpha value is -1.07. The van der Waals surface area contributed by atoms with Crippen LogP contribution in [0.4, 0.5) is 13.2 Å². The number of alkyl halides is 3. The molecule has 0 saturated heterocycles. The minimum atomic E-state index is -4.42. The molecule has 0 saturated carbocycles. The van der Waals surface area contributed by atoms with Crippen molar-refractivity contribution < 1.29 is 17.9 Å². The van der Waals surface area contributed by atoms with Crippen molar-refractivity contribution in [1.29, 1.82) is 0 Å². The van der Waals surface area contributed by atoms with Crippen LogP contribution in [0.3, 0.4) is 0 Å². The van der Waals surface area contributed by atoms with Gasteiger partial charge in [0.15, 0.2) is 0 Å². The van der Waals surface area contributed by atoms with Gasteiger partial charge in [0.05, 0.1) is 0 Å². The van der Waals surface area contributed by atoms with Crippen LogP contribution in [-0.4, -0.2) is 26.1 Å². The topological polar surface area (TPSA) is 21.3 Å². The van der Waals surface area contributed by atoms with E-state index in [2.05, 4.69) is 16.6 Å². The first-order chi connectivity index (χ1) is 7.81. The summed E-state index contributed by atoms with van der Waals surface area (Å²) in [6, 6.07) is 0. The summed E-state index contributed by atoms with van der Waals surface area (Å²) in [5.74, 6) is 0. The van der Waals surface area contributed by atoms with Crippen molar-refractivity contribution in [3.05, 3.63) is 36.0 Å². The van der Waals surface area contributed by atoms with Crippen molar-refractivity contribution in [3.63, 3.8) is 0 Å². The minimum absolute atomic E-state index is 0.0469. The number of ether oxygens (including phenoxy) is 1. The van der Waals surface area contributed by atoms with Crippen molar-refractivity contribution in [1.82, 2.24) is 5.32 Å². The Labute approximate surface area is 99.8 Å². The van der Waals surface area contributed by atoms with Gasteiger partial charge in [0.1, 0.15) is 0 Å². The number of allylic oxidation sites excluding steroid dienone is 3. The zero-order chi connectivity index (χ0) is 13.5. The summed E-state index contributed by atoms with van der Waals surface area (Å²) in [5, 5.41) is 2.27. The molecule has 5 heteroatoms. The zero-order valence-corrected chi connectivity index (χ0v) is 10.3. The maximum Gasteiger partial charge on any atom is 0.428 e. The van der Waals surface area contributed by atoms with E-state index in [0.717, 1.165) is 12.7 Å². The maximum atomic E-state index is 12.3. The Bertz CT molecular complexity index is 301. The number of hydrogen-bond donors (Lipinski definition) is 1. The van der Waals surface area contributed by atoms with Gasteiger partial charge in [-0.15, -0.1) is 0 Å². The van der Waals surface area contributed by atoms with E-state index in [1.165, 1.54) is 6.08 Å². The highest BCUT2D eigenvalue weighted by molar-refractivity contribution is 5.24.